The Morgan fingerprint density at radius 2 is 1.96 bits per heavy atom. The summed E-state index contributed by atoms with van der Waals surface area (Å²) in [5.74, 6) is 0. The molecule has 0 saturated carbocycles. The highest BCUT2D eigenvalue weighted by molar-refractivity contribution is 7.18. The van der Waals surface area contributed by atoms with Crippen molar-refractivity contribution in [3.8, 4) is 21.6 Å². The predicted molar refractivity (Wildman–Crippen MR) is 105 cm³/mol. The lowest BCUT2D eigenvalue weighted by Gasteiger charge is -2.10. The van der Waals surface area contributed by atoms with Crippen molar-refractivity contribution in [3.05, 3.63) is 60.7 Å². The van der Waals surface area contributed by atoms with Gasteiger partial charge < -0.3 is 9.72 Å². The number of aromatic nitrogens is 3. The van der Waals surface area contributed by atoms with E-state index in [9.17, 15) is 0 Å². The summed E-state index contributed by atoms with van der Waals surface area (Å²) in [6, 6.07) is 11.0. The molecule has 5 heteroatoms. The summed E-state index contributed by atoms with van der Waals surface area (Å²) < 4.78 is 2.09. The summed E-state index contributed by atoms with van der Waals surface area (Å²) in [5.41, 5.74) is 5.73. The zero-order valence-electron chi connectivity index (χ0n) is 14.5. The van der Waals surface area contributed by atoms with Crippen LogP contribution in [0.25, 0.3) is 27.2 Å². The molecule has 1 aromatic carbocycles. The number of fused-ring (bicyclic) bond motifs is 1. The van der Waals surface area contributed by atoms with E-state index >= 15 is 0 Å². The average molecular weight is 348 g/mol. The lowest BCUT2D eigenvalue weighted by atomic mass is 10.00. The van der Waals surface area contributed by atoms with Gasteiger partial charge in [-0.05, 0) is 38.0 Å². The molecule has 0 amide bonds. The van der Waals surface area contributed by atoms with Crippen LogP contribution in [0.1, 0.15) is 19.4 Å². The molecule has 0 radical (unpaired) electrons. The molecule has 0 spiro atoms. The first-order valence-corrected chi connectivity index (χ1v) is 9.19. The van der Waals surface area contributed by atoms with Crippen molar-refractivity contribution < 1.29 is 0 Å². The molecule has 1 N–H and O–H groups in total. The second kappa shape index (κ2) is 6.33. The van der Waals surface area contributed by atoms with Gasteiger partial charge in [-0.1, -0.05) is 35.6 Å². The number of imidazole rings is 1. The van der Waals surface area contributed by atoms with E-state index in [1.165, 1.54) is 11.1 Å². The van der Waals surface area contributed by atoms with Crippen molar-refractivity contribution in [3.63, 3.8) is 0 Å². The standard InChI is InChI=1S/C20H20N4S/c1-13(2)23-20-22-11-18(25-20)15-10-17(16-7-5-4-6-14(16)3)19-21-8-9-24(19)12-15/h4-13H,1-3H3,(H,22,23). The van der Waals surface area contributed by atoms with Crippen LogP contribution < -0.4 is 5.32 Å². The van der Waals surface area contributed by atoms with E-state index in [-0.39, 0.29) is 0 Å². The fraction of sp³-hybridized carbons (Fsp3) is 0.200. The molecule has 0 aliphatic rings. The van der Waals surface area contributed by atoms with Crippen molar-refractivity contribution in [2.75, 3.05) is 5.32 Å². The molecule has 0 aliphatic carbocycles. The number of pyridine rings is 1. The van der Waals surface area contributed by atoms with Crippen LogP contribution in [0.15, 0.2) is 55.1 Å². The maximum Gasteiger partial charge on any atom is 0.183 e. The Kier molecular flexibility index (Phi) is 4.01. The van der Waals surface area contributed by atoms with Crippen LogP contribution in [0.3, 0.4) is 0 Å². The van der Waals surface area contributed by atoms with Gasteiger partial charge in [-0.2, -0.15) is 0 Å². The largest absolute Gasteiger partial charge is 0.359 e. The van der Waals surface area contributed by atoms with E-state index < -0.39 is 0 Å². The SMILES string of the molecule is Cc1ccccc1-c1cc(-c2cnc(NC(C)C)s2)cn2ccnc12. The topological polar surface area (TPSA) is 42.2 Å². The van der Waals surface area contributed by atoms with Gasteiger partial charge in [-0.25, -0.2) is 9.97 Å². The van der Waals surface area contributed by atoms with E-state index in [0.717, 1.165) is 26.8 Å². The number of hydrogen-bond donors (Lipinski definition) is 1. The van der Waals surface area contributed by atoms with Gasteiger partial charge >= 0.3 is 0 Å². The van der Waals surface area contributed by atoms with Crippen molar-refractivity contribution in [1.82, 2.24) is 14.4 Å². The van der Waals surface area contributed by atoms with Gasteiger partial charge in [-0.3, -0.25) is 0 Å². The summed E-state index contributed by atoms with van der Waals surface area (Å²) in [6.07, 6.45) is 7.90. The zero-order chi connectivity index (χ0) is 17.4. The first-order chi connectivity index (χ1) is 12.1. The van der Waals surface area contributed by atoms with E-state index in [2.05, 4.69) is 77.0 Å². The molecule has 0 aliphatic heterocycles. The molecule has 0 atom stereocenters. The number of anilines is 1. The number of aryl methyl sites for hydroxylation is 1. The van der Waals surface area contributed by atoms with Gasteiger partial charge in [0.05, 0.1) is 4.88 Å². The Labute approximate surface area is 151 Å². The molecule has 0 saturated heterocycles. The maximum absolute atomic E-state index is 4.55. The van der Waals surface area contributed by atoms with Gasteiger partial charge in [0.25, 0.3) is 0 Å². The molecule has 3 aromatic heterocycles. The lowest BCUT2D eigenvalue weighted by molar-refractivity contribution is 0.896. The van der Waals surface area contributed by atoms with Crippen LogP contribution >= 0.6 is 11.3 Å². The fourth-order valence-electron chi connectivity index (χ4n) is 2.96. The van der Waals surface area contributed by atoms with Crippen LogP contribution in [-0.2, 0) is 0 Å². The second-order valence-corrected chi connectivity index (χ2v) is 7.47. The number of rotatable bonds is 4. The van der Waals surface area contributed by atoms with E-state index in [0.29, 0.717) is 6.04 Å². The minimum Gasteiger partial charge on any atom is -0.359 e. The van der Waals surface area contributed by atoms with E-state index in [1.54, 1.807) is 11.3 Å². The summed E-state index contributed by atoms with van der Waals surface area (Å²) in [5, 5.41) is 4.32. The van der Waals surface area contributed by atoms with Crippen molar-refractivity contribution in [2.45, 2.75) is 26.8 Å². The lowest BCUT2D eigenvalue weighted by Crippen LogP contribution is -2.08. The van der Waals surface area contributed by atoms with E-state index in [1.807, 2.05) is 18.6 Å². The Bertz CT molecular complexity index is 1030. The number of hydrogen-bond acceptors (Lipinski definition) is 4. The van der Waals surface area contributed by atoms with Gasteiger partial charge in [-0.15, -0.1) is 0 Å². The average Bonchev–Trinajstić information content (AvgIpc) is 3.23. The first kappa shape index (κ1) is 15.8. The predicted octanol–water partition coefficient (Wildman–Crippen LogP) is 5.25. The number of benzene rings is 1. The third kappa shape index (κ3) is 3.03. The van der Waals surface area contributed by atoms with Gasteiger partial charge in [0.1, 0.15) is 5.65 Å². The van der Waals surface area contributed by atoms with Crippen molar-refractivity contribution in [1.29, 1.82) is 0 Å². The molecule has 0 bridgehead atoms. The Morgan fingerprint density at radius 1 is 1.12 bits per heavy atom. The van der Waals surface area contributed by atoms with Gasteiger partial charge in [0.15, 0.2) is 5.13 Å². The molecule has 25 heavy (non-hydrogen) atoms. The zero-order valence-corrected chi connectivity index (χ0v) is 15.3. The van der Waals surface area contributed by atoms with Crippen LogP contribution in [-0.4, -0.2) is 20.4 Å². The number of thiazole rings is 1. The summed E-state index contributed by atoms with van der Waals surface area (Å²) in [7, 11) is 0. The molecule has 0 fully saturated rings. The fourth-order valence-corrected chi connectivity index (χ4v) is 3.91. The molecule has 4 rings (SSSR count). The third-order valence-electron chi connectivity index (χ3n) is 4.13. The second-order valence-electron chi connectivity index (χ2n) is 6.44. The minimum absolute atomic E-state index is 0.373. The third-order valence-corrected chi connectivity index (χ3v) is 5.10. The minimum atomic E-state index is 0.373. The maximum atomic E-state index is 4.55. The molecule has 0 unspecified atom stereocenters. The molecule has 4 nitrogen and oxygen atoms in total. The summed E-state index contributed by atoms with van der Waals surface area (Å²) in [6.45, 7) is 6.38. The quantitative estimate of drug-likeness (QED) is 0.547. The summed E-state index contributed by atoms with van der Waals surface area (Å²) >= 11 is 1.68. The molecular formula is C20H20N4S. The van der Waals surface area contributed by atoms with Crippen molar-refractivity contribution >= 4 is 22.1 Å². The van der Waals surface area contributed by atoms with Gasteiger partial charge in [0.2, 0.25) is 0 Å². The first-order valence-electron chi connectivity index (χ1n) is 8.37. The van der Waals surface area contributed by atoms with Crippen LogP contribution in [0.2, 0.25) is 0 Å². The van der Waals surface area contributed by atoms with Crippen LogP contribution in [0.5, 0.6) is 0 Å². The van der Waals surface area contributed by atoms with Gasteiger partial charge in [0, 0.05) is 42.0 Å². The number of nitrogens with one attached hydrogen (secondary N) is 1. The monoisotopic (exact) mass is 348 g/mol. The molecule has 4 aromatic rings. The normalized spacial score (nSPS) is 11.4. The molecular weight excluding hydrogens is 328 g/mol. The summed E-state index contributed by atoms with van der Waals surface area (Å²) in [4.78, 5) is 10.2. The Balaban J connectivity index is 1.86. The highest BCUT2D eigenvalue weighted by Gasteiger charge is 2.13. The Morgan fingerprint density at radius 3 is 2.76 bits per heavy atom. The van der Waals surface area contributed by atoms with Crippen LogP contribution in [0.4, 0.5) is 5.13 Å². The smallest absolute Gasteiger partial charge is 0.183 e. The van der Waals surface area contributed by atoms with Crippen LogP contribution in [0, 0.1) is 6.92 Å². The molecule has 3 heterocycles. The van der Waals surface area contributed by atoms with E-state index in [4.69, 9.17) is 0 Å². The highest BCUT2D eigenvalue weighted by atomic mass is 32.1. The molecule has 126 valence electrons. The van der Waals surface area contributed by atoms with Crippen molar-refractivity contribution in [2.24, 2.45) is 0 Å². The highest BCUT2D eigenvalue weighted by Crippen LogP contribution is 2.34. The number of nitrogens with zero attached hydrogens (tertiary/aromatic N) is 3. The Hall–Kier alpha value is -2.66.